The van der Waals surface area contributed by atoms with Crippen LogP contribution >= 0.6 is 0 Å². The standard InChI is InChI=1S/C52H34GeN4/c1-5-19-35(20-6-1)49-48-41-28-13-16-30-43(41)53(36-21-7-2-8-22-36,37-23-9-3-10-24-37)51(48)55-52(54-49)57-44-31-17-14-27-39(44)40-33-34-46-47(50(40)57)42-29-15-18-32-45(42)56(46)38-25-11-4-12-26-38/h1-34H. The number of rotatable bonds is 5. The zero-order valence-corrected chi connectivity index (χ0v) is 33.0. The monoisotopic (exact) mass is 788 g/mol. The molecule has 0 bridgehead atoms. The van der Waals surface area contributed by atoms with Gasteiger partial charge in [0, 0.05) is 0 Å². The summed E-state index contributed by atoms with van der Waals surface area (Å²) in [6.45, 7) is 0. The van der Waals surface area contributed by atoms with Gasteiger partial charge in [-0.05, 0) is 0 Å². The van der Waals surface area contributed by atoms with E-state index in [1.807, 2.05) is 0 Å². The molecular weight excluding hydrogens is 753 g/mol. The SMILES string of the molecule is c1ccc(-c2nc(-n3c4ccccc4c4ccc5c(c6ccccc6n5-c5ccccc5)c43)n[c]3c2-c2cccc[c]2[Ge]3([c]2ccccc2)[c]2ccccc2)cc1. The number of para-hydroxylation sites is 3. The predicted octanol–water partition coefficient (Wildman–Crippen LogP) is 9.70. The van der Waals surface area contributed by atoms with Crippen LogP contribution in [0.4, 0.5) is 0 Å². The molecule has 1 aliphatic heterocycles. The van der Waals surface area contributed by atoms with Gasteiger partial charge in [0.15, 0.2) is 0 Å². The molecule has 3 aromatic heterocycles. The predicted molar refractivity (Wildman–Crippen MR) is 239 cm³/mol. The van der Waals surface area contributed by atoms with Gasteiger partial charge >= 0.3 is 334 Å². The molecule has 0 aliphatic carbocycles. The van der Waals surface area contributed by atoms with Crippen molar-refractivity contribution in [2.75, 3.05) is 0 Å². The Morgan fingerprint density at radius 1 is 0.404 bits per heavy atom. The Kier molecular flexibility index (Phi) is 7.07. The topological polar surface area (TPSA) is 35.6 Å². The Bertz CT molecular complexity index is 3290. The second-order valence-electron chi connectivity index (χ2n) is 14.9. The normalized spacial score (nSPS) is 13.1. The third kappa shape index (κ3) is 4.50. The molecule has 4 nitrogen and oxygen atoms in total. The molecule has 0 saturated heterocycles. The first kappa shape index (κ1) is 32.2. The zero-order valence-electron chi connectivity index (χ0n) is 30.9. The van der Waals surface area contributed by atoms with Crippen molar-refractivity contribution >= 4 is 74.6 Å². The molecule has 5 heteroatoms. The summed E-state index contributed by atoms with van der Waals surface area (Å²) < 4.78 is 10.0. The number of hydrogen-bond acceptors (Lipinski definition) is 2. The van der Waals surface area contributed by atoms with Crippen LogP contribution in [-0.2, 0) is 0 Å². The van der Waals surface area contributed by atoms with Gasteiger partial charge in [-0.25, -0.2) is 0 Å². The molecule has 1 aliphatic rings. The Balaban J connectivity index is 1.29. The van der Waals surface area contributed by atoms with Crippen molar-refractivity contribution in [3.63, 3.8) is 0 Å². The molecule has 4 heterocycles. The minimum atomic E-state index is -3.77. The van der Waals surface area contributed by atoms with E-state index in [1.54, 1.807) is 0 Å². The third-order valence-corrected chi connectivity index (χ3v) is 21.9. The first-order valence-electron chi connectivity index (χ1n) is 19.5. The van der Waals surface area contributed by atoms with Gasteiger partial charge in [0.05, 0.1) is 0 Å². The molecule has 0 N–H and O–H groups in total. The van der Waals surface area contributed by atoms with E-state index in [2.05, 4.69) is 215 Å². The Hall–Kier alpha value is -7.02. The quantitative estimate of drug-likeness (QED) is 0.163. The molecule has 266 valence electrons. The maximum absolute atomic E-state index is 5.98. The van der Waals surface area contributed by atoms with Crippen molar-refractivity contribution in [1.29, 1.82) is 0 Å². The second kappa shape index (κ2) is 12.5. The van der Waals surface area contributed by atoms with Crippen molar-refractivity contribution in [2.45, 2.75) is 0 Å². The van der Waals surface area contributed by atoms with Crippen LogP contribution in [0.15, 0.2) is 206 Å². The molecule has 57 heavy (non-hydrogen) atoms. The molecular formula is C52H34GeN4. The van der Waals surface area contributed by atoms with E-state index in [0.29, 0.717) is 5.95 Å². The van der Waals surface area contributed by atoms with E-state index < -0.39 is 13.3 Å². The first-order chi connectivity index (χ1) is 28.3. The summed E-state index contributed by atoms with van der Waals surface area (Å²) in [5.74, 6) is 0.692. The van der Waals surface area contributed by atoms with Gasteiger partial charge < -0.3 is 0 Å². The van der Waals surface area contributed by atoms with Crippen LogP contribution in [0.5, 0.6) is 0 Å². The summed E-state index contributed by atoms with van der Waals surface area (Å²) in [4.78, 5) is 11.7. The third-order valence-electron chi connectivity index (χ3n) is 12.0. The van der Waals surface area contributed by atoms with Gasteiger partial charge in [-0.3, -0.25) is 0 Å². The molecule has 0 radical (unpaired) electrons. The van der Waals surface area contributed by atoms with Crippen LogP contribution < -0.4 is 17.7 Å². The second-order valence-corrected chi connectivity index (χ2v) is 22.6. The van der Waals surface area contributed by atoms with Gasteiger partial charge in [-0.2, -0.15) is 0 Å². The molecule has 11 aromatic rings. The molecule has 12 rings (SSSR count). The average molecular weight is 787 g/mol. The van der Waals surface area contributed by atoms with Crippen LogP contribution in [0.25, 0.3) is 77.6 Å². The number of benzene rings is 8. The fraction of sp³-hybridized carbons (Fsp3) is 0. The van der Waals surface area contributed by atoms with Crippen LogP contribution in [0, 0.1) is 0 Å². The Morgan fingerprint density at radius 2 is 0.965 bits per heavy atom. The van der Waals surface area contributed by atoms with Crippen molar-refractivity contribution in [3.05, 3.63) is 206 Å². The van der Waals surface area contributed by atoms with E-state index in [1.165, 1.54) is 50.3 Å². The zero-order chi connectivity index (χ0) is 37.5. The average Bonchev–Trinajstić information content (AvgIpc) is 3.92. The Morgan fingerprint density at radius 3 is 1.67 bits per heavy atom. The van der Waals surface area contributed by atoms with E-state index in [4.69, 9.17) is 9.97 Å². The summed E-state index contributed by atoms with van der Waals surface area (Å²) in [5.41, 5.74) is 10.1. The van der Waals surface area contributed by atoms with Crippen LogP contribution in [0.3, 0.4) is 0 Å². The summed E-state index contributed by atoms with van der Waals surface area (Å²) in [7, 11) is 0. The number of fused-ring (bicyclic) bond motifs is 10. The first-order valence-corrected chi connectivity index (χ1v) is 23.7. The molecule has 0 unspecified atom stereocenters. The van der Waals surface area contributed by atoms with Gasteiger partial charge in [0.1, 0.15) is 0 Å². The summed E-state index contributed by atoms with van der Waals surface area (Å²) in [6.07, 6.45) is 0. The van der Waals surface area contributed by atoms with E-state index in [-0.39, 0.29) is 0 Å². The van der Waals surface area contributed by atoms with Gasteiger partial charge in [-0.15, -0.1) is 0 Å². The maximum atomic E-state index is 5.98. The number of aromatic nitrogens is 4. The van der Waals surface area contributed by atoms with Gasteiger partial charge in [0.25, 0.3) is 0 Å². The number of nitrogens with zero attached hydrogens (tertiary/aromatic N) is 4. The van der Waals surface area contributed by atoms with Crippen molar-refractivity contribution in [1.82, 2.24) is 19.1 Å². The van der Waals surface area contributed by atoms with Crippen LogP contribution in [0.2, 0.25) is 0 Å². The Labute approximate surface area is 332 Å². The molecule has 0 atom stereocenters. The van der Waals surface area contributed by atoms with Gasteiger partial charge in [-0.1, -0.05) is 0 Å². The van der Waals surface area contributed by atoms with E-state index in [9.17, 15) is 0 Å². The summed E-state index contributed by atoms with van der Waals surface area (Å²) >= 11 is -3.77. The van der Waals surface area contributed by atoms with Crippen LogP contribution in [-0.4, -0.2) is 32.4 Å². The van der Waals surface area contributed by atoms with Crippen molar-refractivity contribution in [3.8, 4) is 34.0 Å². The fourth-order valence-electron chi connectivity index (χ4n) is 9.74. The molecule has 0 saturated carbocycles. The van der Waals surface area contributed by atoms with Crippen molar-refractivity contribution < 1.29 is 0 Å². The van der Waals surface area contributed by atoms with E-state index in [0.717, 1.165) is 39.1 Å². The summed E-state index contributed by atoms with van der Waals surface area (Å²) in [5, 5.41) is 4.75. The van der Waals surface area contributed by atoms with E-state index >= 15 is 0 Å². The summed E-state index contributed by atoms with van der Waals surface area (Å²) in [6, 6.07) is 75.0. The van der Waals surface area contributed by atoms with Crippen molar-refractivity contribution in [2.24, 2.45) is 0 Å². The number of hydrogen-bond donors (Lipinski definition) is 0. The molecule has 0 fully saturated rings. The molecule has 8 aromatic carbocycles. The fourth-order valence-corrected chi connectivity index (χ4v) is 20.2. The molecule has 0 spiro atoms. The molecule has 0 amide bonds. The van der Waals surface area contributed by atoms with Gasteiger partial charge in [0.2, 0.25) is 0 Å². The van der Waals surface area contributed by atoms with Crippen LogP contribution in [0.1, 0.15) is 0 Å². The minimum absolute atomic E-state index is 0.692.